The van der Waals surface area contributed by atoms with Gasteiger partial charge in [-0.05, 0) is 35.9 Å². The monoisotopic (exact) mass is 415 g/mol. The lowest BCUT2D eigenvalue weighted by atomic mass is 10.2. The maximum absolute atomic E-state index is 11.2. The van der Waals surface area contributed by atoms with E-state index in [1.807, 2.05) is 54.6 Å². The van der Waals surface area contributed by atoms with Crippen LogP contribution in [-0.4, -0.2) is 36.9 Å². The van der Waals surface area contributed by atoms with E-state index >= 15 is 0 Å². The second kappa shape index (κ2) is 8.93. The maximum atomic E-state index is 11.2. The van der Waals surface area contributed by atoms with E-state index in [1.165, 1.54) is 6.08 Å². The lowest BCUT2D eigenvalue weighted by Crippen LogP contribution is -2.11. The first-order chi connectivity index (χ1) is 13.8. The highest BCUT2D eigenvalue weighted by molar-refractivity contribution is 7.85. The van der Waals surface area contributed by atoms with Crippen LogP contribution in [0, 0.1) is 0 Å². The zero-order valence-corrected chi connectivity index (χ0v) is 16.6. The summed E-state index contributed by atoms with van der Waals surface area (Å²) >= 11 is 0. The van der Waals surface area contributed by atoms with Gasteiger partial charge in [-0.1, -0.05) is 30.3 Å². The van der Waals surface area contributed by atoms with Crippen molar-refractivity contribution in [1.29, 1.82) is 0 Å². The highest BCUT2D eigenvalue weighted by atomic mass is 32.2. The normalized spacial score (nSPS) is 11.9. The molecule has 3 aromatic rings. The van der Waals surface area contributed by atoms with E-state index in [2.05, 4.69) is 0 Å². The van der Waals surface area contributed by atoms with Crippen LogP contribution in [0.4, 0.5) is 0 Å². The number of benzene rings is 2. The molecule has 0 atom stereocenters. The van der Waals surface area contributed by atoms with Gasteiger partial charge in [0.25, 0.3) is 10.1 Å². The second-order valence-corrected chi connectivity index (χ2v) is 8.06. The molecule has 1 N–H and O–H groups in total. The number of carbonyl (C=O) groups is 1. The van der Waals surface area contributed by atoms with Crippen molar-refractivity contribution >= 4 is 33.1 Å². The molecule has 0 aliphatic rings. The Bertz CT molecular complexity index is 1130. The summed E-state index contributed by atoms with van der Waals surface area (Å²) in [5.74, 6) is -0.388. The number of rotatable bonds is 9. The first-order valence-corrected chi connectivity index (χ1v) is 10.7. The summed E-state index contributed by atoms with van der Waals surface area (Å²) in [7, 11) is -3.56. The molecule has 0 saturated heterocycles. The number of aliphatic carboxylic acids is 1. The number of nitrogens with zero attached hydrogens (tertiary/aromatic N) is 1. The number of ether oxygens (including phenoxy) is 1. The Labute approximate surface area is 168 Å². The number of fused-ring (bicyclic) bond motifs is 1. The van der Waals surface area contributed by atoms with E-state index in [1.54, 1.807) is 4.57 Å². The van der Waals surface area contributed by atoms with Crippen LogP contribution in [0.3, 0.4) is 0 Å². The topological polar surface area (TPSA) is 94.8 Å². The van der Waals surface area contributed by atoms with Crippen molar-refractivity contribution in [3.05, 3.63) is 71.9 Å². The van der Waals surface area contributed by atoms with Gasteiger partial charge in [-0.25, -0.2) is 4.79 Å². The van der Waals surface area contributed by atoms with E-state index in [9.17, 15) is 13.2 Å². The van der Waals surface area contributed by atoms with E-state index in [4.69, 9.17) is 14.0 Å². The molecule has 0 radical (unpaired) electrons. The zero-order chi connectivity index (χ0) is 20.9. The van der Waals surface area contributed by atoms with Crippen LogP contribution in [-0.2, 0) is 32.2 Å². The predicted molar refractivity (Wildman–Crippen MR) is 110 cm³/mol. The van der Waals surface area contributed by atoms with Crippen molar-refractivity contribution < 1.29 is 27.2 Å². The summed E-state index contributed by atoms with van der Waals surface area (Å²) in [6.07, 6.45) is 3.49. The SMILES string of the molecule is CS(=O)(=O)OCCn1c(/C=C/C(=O)O)cc2cc(OCc3ccccc3)ccc21. The van der Waals surface area contributed by atoms with Gasteiger partial charge >= 0.3 is 5.97 Å². The number of carboxylic acid groups (broad SMARTS) is 1. The largest absolute Gasteiger partial charge is 0.489 e. The molecule has 7 nitrogen and oxygen atoms in total. The van der Waals surface area contributed by atoms with Gasteiger partial charge < -0.3 is 14.4 Å². The van der Waals surface area contributed by atoms with Crippen molar-refractivity contribution in [3.63, 3.8) is 0 Å². The summed E-state index contributed by atoms with van der Waals surface area (Å²) in [6, 6.07) is 17.2. The molecule has 1 heterocycles. The molecule has 0 spiro atoms. The summed E-state index contributed by atoms with van der Waals surface area (Å²) in [5, 5.41) is 9.77. The number of carboxylic acids is 1. The van der Waals surface area contributed by atoms with Gasteiger partial charge in [0.05, 0.1) is 12.9 Å². The van der Waals surface area contributed by atoms with Gasteiger partial charge in [0.2, 0.25) is 0 Å². The van der Waals surface area contributed by atoms with Gasteiger partial charge in [0.15, 0.2) is 0 Å². The van der Waals surface area contributed by atoms with E-state index in [0.29, 0.717) is 18.1 Å². The minimum atomic E-state index is -3.56. The molecule has 0 fully saturated rings. The van der Waals surface area contributed by atoms with E-state index < -0.39 is 16.1 Å². The van der Waals surface area contributed by atoms with Crippen LogP contribution in [0.1, 0.15) is 11.3 Å². The number of hydrogen-bond acceptors (Lipinski definition) is 5. The Balaban J connectivity index is 1.86. The van der Waals surface area contributed by atoms with Gasteiger partial charge in [-0.3, -0.25) is 4.18 Å². The van der Waals surface area contributed by atoms with Crippen LogP contribution in [0.2, 0.25) is 0 Å². The highest BCUT2D eigenvalue weighted by Crippen LogP contribution is 2.26. The van der Waals surface area contributed by atoms with Crippen LogP contribution in [0.25, 0.3) is 17.0 Å². The third-order valence-corrected chi connectivity index (χ3v) is 4.76. The molecule has 0 unspecified atom stereocenters. The first-order valence-electron chi connectivity index (χ1n) is 8.87. The highest BCUT2D eigenvalue weighted by Gasteiger charge is 2.10. The Kier molecular flexibility index (Phi) is 6.36. The molecule has 0 saturated carbocycles. The summed E-state index contributed by atoms with van der Waals surface area (Å²) in [6.45, 7) is 0.629. The van der Waals surface area contributed by atoms with Crippen molar-refractivity contribution in [2.45, 2.75) is 13.2 Å². The Hall–Kier alpha value is -3.10. The first kappa shape index (κ1) is 20.6. The van der Waals surface area contributed by atoms with E-state index in [0.717, 1.165) is 28.8 Å². The Morgan fingerprint density at radius 2 is 1.90 bits per heavy atom. The molecule has 0 aliphatic heterocycles. The molecule has 0 aliphatic carbocycles. The minimum Gasteiger partial charge on any atom is -0.489 e. The van der Waals surface area contributed by atoms with Crippen LogP contribution in [0.5, 0.6) is 5.75 Å². The molecule has 0 bridgehead atoms. The summed E-state index contributed by atoms with van der Waals surface area (Å²) in [4.78, 5) is 10.9. The quantitative estimate of drug-likeness (QED) is 0.426. The fourth-order valence-corrected chi connectivity index (χ4v) is 3.30. The van der Waals surface area contributed by atoms with Crippen molar-refractivity contribution in [2.75, 3.05) is 12.9 Å². The number of hydrogen-bond donors (Lipinski definition) is 1. The fourth-order valence-electron chi connectivity index (χ4n) is 2.93. The average molecular weight is 415 g/mol. The number of aromatic nitrogens is 1. The summed E-state index contributed by atoms with van der Waals surface area (Å²) in [5.41, 5.74) is 2.49. The predicted octanol–water partition coefficient (Wildman–Crippen LogP) is 3.29. The molecular weight excluding hydrogens is 394 g/mol. The molecule has 3 rings (SSSR count). The van der Waals surface area contributed by atoms with Crippen LogP contribution in [0.15, 0.2) is 60.7 Å². The van der Waals surface area contributed by atoms with E-state index in [-0.39, 0.29) is 13.2 Å². The van der Waals surface area contributed by atoms with Crippen molar-refractivity contribution in [2.24, 2.45) is 0 Å². The molecule has 29 heavy (non-hydrogen) atoms. The standard InChI is InChI=1S/C21H21NO6S/c1-29(25,26)28-12-11-22-18(7-10-21(23)24)13-17-14-19(8-9-20(17)22)27-15-16-5-3-2-4-6-16/h2-10,13-14H,11-12,15H2,1H3,(H,23,24)/b10-7+. The Morgan fingerprint density at radius 3 is 2.59 bits per heavy atom. The fraction of sp³-hybridized carbons (Fsp3) is 0.190. The van der Waals surface area contributed by atoms with Crippen molar-refractivity contribution in [1.82, 2.24) is 4.57 Å². The smallest absolute Gasteiger partial charge is 0.328 e. The molecule has 0 amide bonds. The van der Waals surface area contributed by atoms with Gasteiger partial charge in [0.1, 0.15) is 12.4 Å². The average Bonchev–Trinajstić information content (AvgIpc) is 3.01. The minimum absolute atomic E-state index is 0.0528. The zero-order valence-electron chi connectivity index (χ0n) is 15.8. The van der Waals surface area contributed by atoms with Crippen LogP contribution >= 0.6 is 0 Å². The third-order valence-electron chi connectivity index (χ3n) is 4.16. The van der Waals surface area contributed by atoms with Crippen molar-refractivity contribution in [3.8, 4) is 5.75 Å². The Morgan fingerprint density at radius 1 is 1.14 bits per heavy atom. The lowest BCUT2D eigenvalue weighted by molar-refractivity contribution is -0.131. The van der Waals surface area contributed by atoms with Gasteiger partial charge in [-0.15, -0.1) is 0 Å². The molecule has 2 aromatic carbocycles. The molecule has 1 aromatic heterocycles. The lowest BCUT2D eigenvalue weighted by Gasteiger charge is -2.10. The van der Waals surface area contributed by atoms with Gasteiger partial charge in [0, 0.05) is 29.2 Å². The molecule has 152 valence electrons. The second-order valence-electron chi connectivity index (χ2n) is 6.41. The molecule has 8 heteroatoms. The molecular formula is C21H21NO6S. The maximum Gasteiger partial charge on any atom is 0.328 e. The van der Waals surface area contributed by atoms with Crippen LogP contribution < -0.4 is 4.74 Å². The third kappa shape index (κ3) is 5.94. The summed E-state index contributed by atoms with van der Waals surface area (Å²) < 4.78 is 34.9. The van der Waals surface area contributed by atoms with Gasteiger partial charge in [-0.2, -0.15) is 8.42 Å².